The van der Waals surface area contributed by atoms with Crippen molar-refractivity contribution in [3.63, 3.8) is 0 Å². The highest BCUT2D eigenvalue weighted by Gasteiger charge is 2.37. The third kappa shape index (κ3) is 2.01. The van der Waals surface area contributed by atoms with Crippen molar-refractivity contribution in [2.75, 3.05) is 20.2 Å². The summed E-state index contributed by atoms with van der Waals surface area (Å²) in [6.45, 7) is 1.42. The quantitative estimate of drug-likeness (QED) is 0.821. The van der Waals surface area contributed by atoms with Crippen LogP contribution in [0.3, 0.4) is 0 Å². The van der Waals surface area contributed by atoms with Crippen molar-refractivity contribution in [2.45, 2.75) is 12.0 Å². The van der Waals surface area contributed by atoms with Gasteiger partial charge in [0.25, 0.3) is 0 Å². The number of rotatable bonds is 3. The van der Waals surface area contributed by atoms with Gasteiger partial charge in [0.2, 0.25) is 0 Å². The Labute approximate surface area is 87.2 Å². The van der Waals surface area contributed by atoms with E-state index in [1.807, 2.05) is 0 Å². The van der Waals surface area contributed by atoms with Gasteiger partial charge < -0.3 is 10.1 Å². The summed E-state index contributed by atoms with van der Waals surface area (Å²) in [4.78, 5) is 0. The predicted molar refractivity (Wildman–Crippen MR) is 52.7 cm³/mol. The third-order valence-electron chi connectivity index (χ3n) is 2.86. The van der Waals surface area contributed by atoms with Gasteiger partial charge in [-0.3, -0.25) is 0 Å². The van der Waals surface area contributed by atoms with Crippen LogP contribution >= 0.6 is 0 Å². The predicted octanol–water partition coefficient (Wildman–Crippen LogP) is 1.50. The van der Waals surface area contributed by atoms with E-state index < -0.39 is 11.6 Å². The fourth-order valence-electron chi connectivity index (χ4n) is 1.76. The fourth-order valence-corrected chi connectivity index (χ4v) is 1.76. The molecule has 0 spiro atoms. The van der Waals surface area contributed by atoms with Crippen molar-refractivity contribution in [3.05, 3.63) is 35.4 Å². The Morgan fingerprint density at radius 2 is 2.13 bits per heavy atom. The van der Waals surface area contributed by atoms with Gasteiger partial charge in [-0.05, 0) is 11.6 Å². The minimum Gasteiger partial charge on any atom is -0.375 e. The van der Waals surface area contributed by atoms with E-state index in [4.69, 9.17) is 4.74 Å². The first-order valence-corrected chi connectivity index (χ1v) is 4.85. The molecule has 0 aromatic heterocycles. The molecule has 1 heterocycles. The van der Waals surface area contributed by atoms with E-state index in [9.17, 15) is 8.78 Å². The minimum absolute atomic E-state index is 0.321. The highest BCUT2D eigenvalue weighted by Crippen LogP contribution is 2.23. The molecule has 1 N–H and O–H groups in total. The summed E-state index contributed by atoms with van der Waals surface area (Å²) in [7, 11) is 1.61. The van der Waals surface area contributed by atoms with Crippen molar-refractivity contribution in [2.24, 2.45) is 0 Å². The summed E-state index contributed by atoms with van der Waals surface area (Å²) in [5.74, 6) is -1.05. The summed E-state index contributed by atoms with van der Waals surface area (Å²) in [6.07, 6.45) is 0.475. The van der Waals surface area contributed by atoms with Gasteiger partial charge in [-0.2, -0.15) is 0 Å². The van der Waals surface area contributed by atoms with Crippen LogP contribution in [-0.2, 0) is 11.2 Å². The molecule has 1 saturated heterocycles. The van der Waals surface area contributed by atoms with E-state index in [-0.39, 0.29) is 5.60 Å². The SMILES string of the molecule is COC1(Cc2ccc(F)cc2F)CNC1. The molecule has 0 radical (unpaired) electrons. The Hall–Kier alpha value is -1.00. The molecule has 1 aliphatic rings. The van der Waals surface area contributed by atoms with Crippen LogP contribution in [0.1, 0.15) is 5.56 Å². The molecule has 0 saturated carbocycles. The van der Waals surface area contributed by atoms with Crippen LogP contribution in [0.4, 0.5) is 8.78 Å². The first kappa shape index (κ1) is 10.5. The largest absolute Gasteiger partial charge is 0.375 e. The molecule has 4 heteroatoms. The summed E-state index contributed by atoms with van der Waals surface area (Å²) in [5.41, 5.74) is 0.179. The molecule has 15 heavy (non-hydrogen) atoms. The topological polar surface area (TPSA) is 21.3 Å². The molecule has 0 atom stereocenters. The molecular weight excluding hydrogens is 200 g/mol. The Bertz CT molecular complexity index is 358. The molecule has 1 aliphatic heterocycles. The lowest BCUT2D eigenvalue weighted by molar-refractivity contribution is -0.0507. The van der Waals surface area contributed by atoms with Crippen LogP contribution in [0.25, 0.3) is 0 Å². The maximum absolute atomic E-state index is 13.4. The van der Waals surface area contributed by atoms with Crippen molar-refractivity contribution in [1.29, 1.82) is 0 Å². The second-order valence-electron chi connectivity index (χ2n) is 3.90. The van der Waals surface area contributed by atoms with E-state index in [2.05, 4.69) is 5.32 Å². The molecule has 1 aromatic carbocycles. The fraction of sp³-hybridized carbons (Fsp3) is 0.455. The monoisotopic (exact) mass is 213 g/mol. The second kappa shape index (κ2) is 3.87. The lowest BCUT2D eigenvalue weighted by Gasteiger charge is -2.41. The smallest absolute Gasteiger partial charge is 0.129 e. The minimum atomic E-state index is -0.547. The average Bonchev–Trinajstić information content (AvgIpc) is 2.14. The molecule has 0 aliphatic carbocycles. The zero-order valence-electron chi connectivity index (χ0n) is 8.52. The summed E-state index contributed by atoms with van der Waals surface area (Å²) >= 11 is 0. The van der Waals surface area contributed by atoms with Crippen LogP contribution in [0.15, 0.2) is 18.2 Å². The van der Waals surface area contributed by atoms with Crippen LogP contribution in [-0.4, -0.2) is 25.8 Å². The van der Waals surface area contributed by atoms with Crippen LogP contribution < -0.4 is 5.32 Å². The first-order valence-electron chi connectivity index (χ1n) is 4.85. The molecule has 2 rings (SSSR count). The van der Waals surface area contributed by atoms with Crippen LogP contribution in [0.5, 0.6) is 0 Å². The van der Waals surface area contributed by atoms with E-state index in [0.29, 0.717) is 25.1 Å². The van der Waals surface area contributed by atoms with E-state index >= 15 is 0 Å². The Morgan fingerprint density at radius 3 is 2.60 bits per heavy atom. The van der Waals surface area contributed by atoms with E-state index in [1.54, 1.807) is 7.11 Å². The Morgan fingerprint density at radius 1 is 1.40 bits per heavy atom. The van der Waals surface area contributed by atoms with Gasteiger partial charge in [-0.25, -0.2) is 8.78 Å². The maximum Gasteiger partial charge on any atom is 0.129 e. The highest BCUT2D eigenvalue weighted by molar-refractivity contribution is 5.22. The molecule has 82 valence electrons. The number of ether oxygens (including phenoxy) is 1. The van der Waals surface area contributed by atoms with E-state index in [0.717, 1.165) is 6.07 Å². The summed E-state index contributed by atoms with van der Waals surface area (Å²) < 4.78 is 31.4. The van der Waals surface area contributed by atoms with Gasteiger partial charge >= 0.3 is 0 Å². The second-order valence-corrected chi connectivity index (χ2v) is 3.90. The summed E-state index contributed by atoms with van der Waals surface area (Å²) in [6, 6.07) is 3.66. The molecule has 1 fully saturated rings. The third-order valence-corrected chi connectivity index (χ3v) is 2.86. The maximum atomic E-state index is 13.4. The van der Waals surface area contributed by atoms with Gasteiger partial charge in [0.15, 0.2) is 0 Å². The van der Waals surface area contributed by atoms with Crippen LogP contribution in [0, 0.1) is 11.6 Å². The number of hydrogen-bond donors (Lipinski definition) is 1. The van der Waals surface area contributed by atoms with Crippen molar-refractivity contribution >= 4 is 0 Å². The standard InChI is InChI=1S/C11H13F2NO/c1-15-11(6-14-7-11)5-8-2-3-9(12)4-10(8)13/h2-4,14H,5-7H2,1H3. The van der Waals surface area contributed by atoms with Crippen molar-refractivity contribution in [3.8, 4) is 0 Å². The van der Waals surface area contributed by atoms with Gasteiger partial charge in [-0.1, -0.05) is 6.07 Å². The van der Waals surface area contributed by atoms with Gasteiger partial charge in [-0.15, -0.1) is 0 Å². The zero-order chi connectivity index (χ0) is 10.9. The first-order chi connectivity index (χ1) is 7.15. The number of methoxy groups -OCH3 is 1. The van der Waals surface area contributed by atoms with Gasteiger partial charge in [0, 0.05) is 32.7 Å². The molecule has 0 bridgehead atoms. The average molecular weight is 213 g/mol. The number of benzene rings is 1. The van der Waals surface area contributed by atoms with Crippen molar-refractivity contribution in [1.82, 2.24) is 5.32 Å². The highest BCUT2D eigenvalue weighted by atomic mass is 19.1. The number of halogens is 2. The van der Waals surface area contributed by atoms with E-state index in [1.165, 1.54) is 12.1 Å². The Kier molecular flexibility index (Phi) is 2.71. The van der Waals surface area contributed by atoms with Gasteiger partial charge in [0.05, 0.1) is 5.60 Å². The Balaban J connectivity index is 2.16. The van der Waals surface area contributed by atoms with Crippen molar-refractivity contribution < 1.29 is 13.5 Å². The molecule has 1 aromatic rings. The lowest BCUT2D eigenvalue weighted by Crippen LogP contribution is -2.62. The molecule has 0 amide bonds. The molecular formula is C11H13F2NO. The molecule has 0 unspecified atom stereocenters. The normalized spacial score (nSPS) is 18.6. The number of hydrogen-bond acceptors (Lipinski definition) is 2. The van der Waals surface area contributed by atoms with Gasteiger partial charge in [0.1, 0.15) is 11.6 Å². The lowest BCUT2D eigenvalue weighted by atomic mass is 9.88. The zero-order valence-corrected chi connectivity index (χ0v) is 8.52. The molecule has 2 nitrogen and oxygen atoms in total. The number of nitrogens with one attached hydrogen (secondary N) is 1. The van der Waals surface area contributed by atoms with Crippen LogP contribution in [0.2, 0.25) is 0 Å². The summed E-state index contributed by atoms with van der Waals surface area (Å²) in [5, 5.41) is 3.08.